The SMILES string of the molecule is CCS(=O)(=O)CCNS(=O)(=O)CCCC(=O)O. The molecule has 0 saturated carbocycles. The molecule has 0 aromatic rings. The summed E-state index contributed by atoms with van der Waals surface area (Å²) in [4.78, 5) is 10.2. The zero-order valence-electron chi connectivity index (χ0n) is 9.55. The minimum Gasteiger partial charge on any atom is -0.481 e. The molecule has 0 unspecified atom stereocenters. The lowest BCUT2D eigenvalue weighted by molar-refractivity contribution is -0.137. The van der Waals surface area contributed by atoms with Crippen LogP contribution in [0.3, 0.4) is 0 Å². The van der Waals surface area contributed by atoms with Gasteiger partial charge in [-0.3, -0.25) is 4.79 Å². The zero-order chi connectivity index (χ0) is 13.5. The molecular formula is C8H17NO6S2. The molecule has 0 aliphatic rings. The first-order valence-corrected chi connectivity index (χ1v) is 8.55. The molecule has 0 radical (unpaired) electrons. The Bertz CT molecular complexity index is 439. The van der Waals surface area contributed by atoms with E-state index < -0.39 is 25.8 Å². The minimum absolute atomic E-state index is 0.00515. The number of hydrogen-bond acceptors (Lipinski definition) is 5. The van der Waals surface area contributed by atoms with Crippen LogP contribution >= 0.6 is 0 Å². The van der Waals surface area contributed by atoms with E-state index in [2.05, 4.69) is 4.72 Å². The van der Waals surface area contributed by atoms with Gasteiger partial charge in [-0.25, -0.2) is 21.6 Å². The third-order valence-electron chi connectivity index (χ3n) is 1.98. The number of sulfonamides is 1. The molecule has 9 heteroatoms. The van der Waals surface area contributed by atoms with Crippen LogP contribution < -0.4 is 4.72 Å². The van der Waals surface area contributed by atoms with Crippen molar-refractivity contribution in [2.24, 2.45) is 0 Å². The van der Waals surface area contributed by atoms with E-state index in [1.54, 1.807) is 0 Å². The van der Waals surface area contributed by atoms with Crippen LogP contribution in [0.25, 0.3) is 0 Å². The van der Waals surface area contributed by atoms with E-state index in [4.69, 9.17) is 5.11 Å². The Balaban J connectivity index is 3.99. The van der Waals surface area contributed by atoms with E-state index in [-0.39, 0.29) is 36.6 Å². The fourth-order valence-corrected chi connectivity index (χ4v) is 2.90. The van der Waals surface area contributed by atoms with Crippen molar-refractivity contribution < 1.29 is 26.7 Å². The van der Waals surface area contributed by atoms with Gasteiger partial charge in [-0.2, -0.15) is 0 Å². The van der Waals surface area contributed by atoms with Gasteiger partial charge in [0.2, 0.25) is 10.0 Å². The summed E-state index contributed by atoms with van der Waals surface area (Å²) in [6.07, 6.45) is -0.223. The van der Waals surface area contributed by atoms with Crippen molar-refractivity contribution in [1.29, 1.82) is 0 Å². The lowest BCUT2D eigenvalue weighted by Gasteiger charge is -2.05. The van der Waals surface area contributed by atoms with Crippen LogP contribution in [0.2, 0.25) is 0 Å². The van der Waals surface area contributed by atoms with E-state index in [1.807, 2.05) is 0 Å². The first-order valence-electron chi connectivity index (χ1n) is 5.08. The normalized spacial score (nSPS) is 12.5. The number of aliphatic carboxylic acids is 1. The molecule has 0 fully saturated rings. The molecule has 0 aliphatic heterocycles. The van der Waals surface area contributed by atoms with Crippen molar-refractivity contribution in [3.8, 4) is 0 Å². The Morgan fingerprint density at radius 1 is 1.18 bits per heavy atom. The van der Waals surface area contributed by atoms with E-state index in [9.17, 15) is 21.6 Å². The molecule has 0 aliphatic carbocycles. The largest absolute Gasteiger partial charge is 0.481 e. The summed E-state index contributed by atoms with van der Waals surface area (Å²) in [5, 5.41) is 8.33. The van der Waals surface area contributed by atoms with Crippen LogP contribution in [0.4, 0.5) is 0 Å². The maximum absolute atomic E-state index is 11.3. The maximum atomic E-state index is 11.3. The van der Waals surface area contributed by atoms with E-state index in [0.29, 0.717) is 0 Å². The van der Waals surface area contributed by atoms with Crippen molar-refractivity contribution in [3.63, 3.8) is 0 Å². The van der Waals surface area contributed by atoms with E-state index >= 15 is 0 Å². The molecule has 0 aromatic heterocycles. The zero-order valence-corrected chi connectivity index (χ0v) is 11.2. The highest BCUT2D eigenvalue weighted by Crippen LogP contribution is 1.95. The number of nitrogens with one attached hydrogen (secondary N) is 1. The van der Waals surface area contributed by atoms with Crippen LogP contribution in [0, 0.1) is 0 Å². The predicted molar refractivity (Wildman–Crippen MR) is 63.0 cm³/mol. The molecule has 7 nitrogen and oxygen atoms in total. The van der Waals surface area contributed by atoms with Crippen molar-refractivity contribution in [3.05, 3.63) is 0 Å². The number of rotatable bonds is 9. The maximum Gasteiger partial charge on any atom is 0.303 e. The van der Waals surface area contributed by atoms with Crippen molar-refractivity contribution >= 4 is 25.8 Å². The van der Waals surface area contributed by atoms with Crippen LogP contribution in [0.5, 0.6) is 0 Å². The summed E-state index contributed by atoms with van der Waals surface area (Å²) >= 11 is 0. The summed E-state index contributed by atoms with van der Waals surface area (Å²) in [6, 6.07) is 0. The Morgan fingerprint density at radius 2 is 1.76 bits per heavy atom. The smallest absolute Gasteiger partial charge is 0.303 e. The van der Waals surface area contributed by atoms with Gasteiger partial charge in [-0.15, -0.1) is 0 Å². The Kier molecular flexibility index (Phi) is 6.65. The molecule has 0 atom stereocenters. The first kappa shape index (κ1) is 16.3. The third kappa shape index (κ3) is 9.07. The van der Waals surface area contributed by atoms with Gasteiger partial charge in [0.25, 0.3) is 0 Å². The first-order chi connectivity index (χ1) is 7.68. The monoisotopic (exact) mass is 287 g/mol. The molecule has 0 aromatic carbocycles. The van der Waals surface area contributed by atoms with Gasteiger partial charge >= 0.3 is 5.97 Å². The van der Waals surface area contributed by atoms with Crippen LogP contribution in [0.1, 0.15) is 19.8 Å². The highest BCUT2D eigenvalue weighted by Gasteiger charge is 2.13. The van der Waals surface area contributed by atoms with Gasteiger partial charge in [0, 0.05) is 18.7 Å². The molecule has 0 heterocycles. The number of carbonyl (C=O) groups is 1. The number of carboxylic acid groups (broad SMARTS) is 1. The molecular weight excluding hydrogens is 270 g/mol. The minimum atomic E-state index is -3.59. The summed E-state index contributed by atoms with van der Waals surface area (Å²) in [5.74, 6) is -1.66. The van der Waals surface area contributed by atoms with E-state index in [1.165, 1.54) is 6.92 Å². The van der Waals surface area contributed by atoms with Crippen LogP contribution in [-0.4, -0.2) is 51.7 Å². The summed E-state index contributed by atoms with van der Waals surface area (Å²) < 4.78 is 46.8. The molecule has 102 valence electrons. The van der Waals surface area contributed by atoms with Gasteiger partial charge in [0.15, 0.2) is 9.84 Å². The molecule has 0 saturated heterocycles. The average Bonchev–Trinajstić information content (AvgIpc) is 2.16. The molecule has 0 spiro atoms. The van der Waals surface area contributed by atoms with Crippen LogP contribution in [-0.2, 0) is 24.7 Å². The Labute approximate surface area is 101 Å². The van der Waals surface area contributed by atoms with Gasteiger partial charge in [0.05, 0.1) is 11.5 Å². The van der Waals surface area contributed by atoms with Gasteiger partial charge in [-0.05, 0) is 6.42 Å². The molecule has 17 heavy (non-hydrogen) atoms. The highest BCUT2D eigenvalue weighted by atomic mass is 32.2. The number of sulfone groups is 1. The lowest BCUT2D eigenvalue weighted by atomic mass is 10.3. The second-order valence-electron chi connectivity index (χ2n) is 3.45. The molecule has 0 rings (SSSR count). The quantitative estimate of drug-likeness (QED) is 0.573. The lowest BCUT2D eigenvalue weighted by Crippen LogP contribution is -2.31. The van der Waals surface area contributed by atoms with Crippen molar-refractivity contribution in [2.75, 3.05) is 23.8 Å². The molecule has 0 bridgehead atoms. The predicted octanol–water partition coefficient (Wildman–Crippen LogP) is -0.795. The number of carboxylic acids is 1. The number of hydrogen-bond donors (Lipinski definition) is 2. The Hall–Kier alpha value is -0.670. The second-order valence-corrected chi connectivity index (χ2v) is 7.85. The fraction of sp³-hybridized carbons (Fsp3) is 0.875. The van der Waals surface area contributed by atoms with Crippen molar-refractivity contribution in [1.82, 2.24) is 4.72 Å². The topological polar surface area (TPSA) is 118 Å². The summed E-state index contributed by atoms with van der Waals surface area (Å²) in [5.41, 5.74) is 0. The van der Waals surface area contributed by atoms with Gasteiger partial charge < -0.3 is 5.11 Å². The fourth-order valence-electron chi connectivity index (χ4n) is 0.983. The van der Waals surface area contributed by atoms with Gasteiger partial charge in [-0.1, -0.05) is 6.92 Å². The molecule has 2 N–H and O–H groups in total. The second kappa shape index (κ2) is 6.92. The highest BCUT2D eigenvalue weighted by molar-refractivity contribution is 7.91. The van der Waals surface area contributed by atoms with Crippen LogP contribution in [0.15, 0.2) is 0 Å². The van der Waals surface area contributed by atoms with E-state index in [0.717, 1.165) is 0 Å². The standard InChI is InChI=1S/C8H17NO6S2/c1-2-16(12,13)7-5-9-17(14,15)6-3-4-8(10)11/h9H,2-7H2,1H3,(H,10,11). The molecule has 0 amide bonds. The average molecular weight is 287 g/mol. The van der Waals surface area contributed by atoms with Gasteiger partial charge in [0.1, 0.15) is 0 Å². The third-order valence-corrected chi connectivity index (χ3v) is 5.15. The van der Waals surface area contributed by atoms with Crippen molar-refractivity contribution in [2.45, 2.75) is 19.8 Å². The summed E-state index contributed by atoms with van der Waals surface area (Å²) in [7, 11) is -6.78. The summed E-state index contributed by atoms with van der Waals surface area (Å²) in [6.45, 7) is 1.31. The Morgan fingerprint density at radius 3 is 2.24 bits per heavy atom.